The van der Waals surface area contributed by atoms with Crippen molar-refractivity contribution in [3.05, 3.63) is 71.8 Å². The molecule has 198 valence electrons. The Labute approximate surface area is 219 Å². The summed E-state index contributed by atoms with van der Waals surface area (Å²) in [6.45, 7) is 4.21. The van der Waals surface area contributed by atoms with Crippen LogP contribution in [-0.2, 0) is 15.1 Å². The van der Waals surface area contributed by atoms with Crippen LogP contribution in [0.4, 0.5) is 4.79 Å². The van der Waals surface area contributed by atoms with E-state index in [9.17, 15) is 14.7 Å². The number of piperidine rings is 3. The molecule has 3 heterocycles. The van der Waals surface area contributed by atoms with Crippen LogP contribution in [0.25, 0.3) is 0 Å². The molecule has 3 saturated heterocycles. The van der Waals surface area contributed by atoms with Crippen molar-refractivity contribution in [2.45, 2.75) is 62.7 Å². The minimum absolute atomic E-state index is 0.0734. The van der Waals surface area contributed by atoms with Crippen molar-refractivity contribution in [1.29, 1.82) is 0 Å². The molecule has 2 amide bonds. The number of rotatable bonds is 8. The fraction of sp³-hybridized carbons (Fsp3) is 0.533. The van der Waals surface area contributed by atoms with E-state index in [0.717, 1.165) is 56.3 Å². The molecule has 0 radical (unpaired) electrons. The van der Waals surface area contributed by atoms with Crippen LogP contribution in [0.15, 0.2) is 60.7 Å². The number of carbonyl (C=O) groups is 2. The first-order valence-corrected chi connectivity index (χ1v) is 13.9. The van der Waals surface area contributed by atoms with Gasteiger partial charge in [0.1, 0.15) is 6.54 Å². The number of quaternary nitrogens is 1. The Morgan fingerprint density at radius 3 is 2.08 bits per heavy atom. The van der Waals surface area contributed by atoms with Gasteiger partial charge >= 0.3 is 12.0 Å². The Balaban J connectivity index is 1.22. The molecular weight excluding hydrogens is 466 g/mol. The van der Waals surface area contributed by atoms with E-state index in [0.29, 0.717) is 29.6 Å². The lowest BCUT2D eigenvalue weighted by molar-refractivity contribution is -0.945. The Hall–Kier alpha value is -2.90. The van der Waals surface area contributed by atoms with Crippen molar-refractivity contribution < 1.29 is 23.9 Å². The zero-order valence-electron chi connectivity index (χ0n) is 21.6. The molecule has 3 N–H and O–H groups in total. The SMILES string of the molecule is O=C(NCC[N+]12CCC(CC1)C(OC(=O)C(O)(c1ccccc1)c1ccccc1)C2)NC1CCCCC1. The summed E-state index contributed by atoms with van der Waals surface area (Å²) in [6, 6.07) is 18.3. The summed E-state index contributed by atoms with van der Waals surface area (Å²) in [7, 11) is 0. The van der Waals surface area contributed by atoms with E-state index in [4.69, 9.17) is 4.74 Å². The Morgan fingerprint density at radius 2 is 1.49 bits per heavy atom. The van der Waals surface area contributed by atoms with Crippen molar-refractivity contribution in [3.8, 4) is 0 Å². The minimum atomic E-state index is -1.86. The second-order valence-corrected chi connectivity index (χ2v) is 11.2. The number of fused-ring (bicyclic) bond motifs is 3. The highest BCUT2D eigenvalue weighted by Crippen LogP contribution is 2.38. The highest BCUT2D eigenvalue weighted by atomic mass is 16.6. The number of amides is 2. The molecule has 0 aromatic heterocycles. The van der Waals surface area contributed by atoms with E-state index in [1.165, 1.54) is 19.3 Å². The van der Waals surface area contributed by atoms with Gasteiger partial charge in [-0.3, -0.25) is 0 Å². The molecule has 4 fully saturated rings. The first kappa shape index (κ1) is 25.7. The summed E-state index contributed by atoms with van der Waals surface area (Å²) >= 11 is 0. The van der Waals surface area contributed by atoms with Crippen molar-refractivity contribution in [2.24, 2.45) is 5.92 Å². The first-order valence-electron chi connectivity index (χ1n) is 13.9. The van der Waals surface area contributed by atoms with Crippen LogP contribution >= 0.6 is 0 Å². The zero-order chi connectivity index (χ0) is 25.7. The van der Waals surface area contributed by atoms with Crippen LogP contribution in [0.5, 0.6) is 0 Å². The van der Waals surface area contributed by atoms with Gasteiger partial charge in [0.2, 0.25) is 5.60 Å². The summed E-state index contributed by atoms with van der Waals surface area (Å²) in [4.78, 5) is 26.1. The fourth-order valence-electron chi connectivity index (χ4n) is 6.54. The van der Waals surface area contributed by atoms with Gasteiger partial charge in [0.05, 0.1) is 26.2 Å². The molecule has 2 aromatic carbocycles. The number of carbonyl (C=O) groups excluding carboxylic acids is 2. The summed E-state index contributed by atoms with van der Waals surface area (Å²) in [5.74, 6) is -0.311. The van der Waals surface area contributed by atoms with Gasteiger partial charge in [-0.05, 0) is 24.0 Å². The minimum Gasteiger partial charge on any atom is -0.453 e. The number of hydrogen-bond donors (Lipinski definition) is 3. The van der Waals surface area contributed by atoms with Gasteiger partial charge in [-0.25, -0.2) is 9.59 Å². The molecule has 2 bridgehead atoms. The number of nitrogens with zero attached hydrogens (tertiary/aromatic N) is 1. The van der Waals surface area contributed by atoms with Crippen LogP contribution in [-0.4, -0.2) is 66.5 Å². The first-order chi connectivity index (χ1) is 18.0. The Morgan fingerprint density at radius 1 is 0.892 bits per heavy atom. The molecule has 4 aliphatic rings. The molecule has 7 heteroatoms. The fourth-order valence-corrected chi connectivity index (χ4v) is 6.54. The number of esters is 1. The molecule has 3 aliphatic heterocycles. The number of ether oxygens (including phenoxy) is 1. The average Bonchev–Trinajstić information content (AvgIpc) is 2.94. The molecule has 1 aliphatic carbocycles. The molecular formula is C30H40N3O4+. The van der Waals surface area contributed by atoms with Gasteiger partial charge in [0.25, 0.3) is 0 Å². The molecule has 1 atom stereocenters. The third-order valence-corrected chi connectivity index (χ3v) is 8.79. The lowest BCUT2D eigenvalue weighted by Gasteiger charge is -2.52. The smallest absolute Gasteiger partial charge is 0.348 e. The van der Waals surface area contributed by atoms with Crippen molar-refractivity contribution in [1.82, 2.24) is 10.6 Å². The lowest BCUT2D eigenvalue weighted by atomic mass is 9.82. The van der Waals surface area contributed by atoms with Crippen LogP contribution in [0.3, 0.4) is 0 Å². The Bertz CT molecular complexity index is 1010. The van der Waals surface area contributed by atoms with Gasteiger partial charge in [-0.2, -0.15) is 0 Å². The van der Waals surface area contributed by atoms with Crippen LogP contribution in [0.1, 0.15) is 56.1 Å². The summed E-state index contributed by atoms with van der Waals surface area (Å²) in [5, 5.41) is 18.0. The van der Waals surface area contributed by atoms with Crippen LogP contribution < -0.4 is 10.6 Å². The predicted octanol–water partition coefficient (Wildman–Crippen LogP) is 3.71. The quantitative estimate of drug-likeness (QED) is 0.376. The second-order valence-electron chi connectivity index (χ2n) is 11.2. The van der Waals surface area contributed by atoms with Gasteiger partial charge in [-0.1, -0.05) is 79.9 Å². The largest absolute Gasteiger partial charge is 0.453 e. The van der Waals surface area contributed by atoms with Gasteiger partial charge < -0.3 is 25.0 Å². The lowest BCUT2D eigenvalue weighted by Crippen LogP contribution is -2.66. The monoisotopic (exact) mass is 506 g/mol. The molecule has 7 nitrogen and oxygen atoms in total. The molecule has 2 aromatic rings. The van der Waals surface area contributed by atoms with Gasteiger partial charge in [0.15, 0.2) is 6.10 Å². The summed E-state index contributed by atoms with van der Waals surface area (Å²) in [6.07, 6.45) is 7.51. The number of urea groups is 1. The van der Waals surface area contributed by atoms with Crippen molar-refractivity contribution in [2.75, 3.05) is 32.7 Å². The Kier molecular flexibility index (Phi) is 7.81. The molecule has 1 unspecified atom stereocenters. The normalized spacial score (nSPS) is 25.9. The second kappa shape index (κ2) is 11.2. The molecule has 0 spiro atoms. The van der Waals surface area contributed by atoms with E-state index in [-0.39, 0.29) is 12.1 Å². The van der Waals surface area contributed by atoms with Crippen molar-refractivity contribution in [3.63, 3.8) is 0 Å². The molecule has 6 rings (SSSR count). The maximum absolute atomic E-state index is 13.7. The molecule has 37 heavy (non-hydrogen) atoms. The maximum atomic E-state index is 13.7. The molecule has 1 saturated carbocycles. The van der Waals surface area contributed by atoms with E-state index < -0.39 is 11.6 Å². The highest BCUT2D eigenvalue weighted by molar-refractivity contribution is 5.85. The van der Waals surface area contributed by atoms with E-state index >= 15 is 0 Å². The summed E-state index contributed by atoms with van der Waals surface area (Å²) in [5.41, 5.74) is -0.855. The third kappa shape index (κ3) is 5.68. The van der Waals surface area contributed by atoms with Gasteiger partial charge in [0, 0.05) is 24.8 Å². The van der Waals surface area contributed by atoms with E-state index in [1.54, 1.807) is 24.3 Å². The number of aliphatic hydroxyl groups is 1. The number of benzene rings is 2. The van der Waals surface area contributed by atoms with E-state index in [1.807, 2.05) is 36.4 Å². The van der Waals surface area contributed by atoms with Gasteiger partial charge in [-0.15, -0.1) is 0 Å². The van der Waals surface area contributed by atoms with Crippen LogP contribution in [0, 0.1) is 5.92 Å². The van der Waals surface area contributed by atoms with Crippen LogP contribution in [0.2, 0.25) is 0 Å². The number of nitrogens with one attached hydrogen (secondary N) is 2. The highest BCUT2D eigenvalue weighted by Gasteiger charge is 2.50. The number of hydrogen-bond acceptors (Lipinski definition) is 4. The standard InChI is InChI=1S/C30H39N3O4/c34-28(30(36,24-10-4-1-5-11-24)25-12-6-2-7-13-25)37-27-22-33(19-16-23(27)17-20-33)21-18-31-29(35)32-26-14-8-3-9-15-26/h1-2,4-7,10-13,23,26-27,36H,3,8-9,14-22H2,(H-,31,32,35)/p+1. The zero-order valence-corrected chi connectivity index (χ0v) is 21.6. The predicted molar refractivity (Wildman–Crippen MR) is 142 cm³/mol. The third-order valence-electron chi connectivity index (χ3n) is 8.79. The van der Waals surface area contributed by atoms with E-state index in [2.05, 4.69) is 10.6 Å². The maximum Gasteiger partial charge on any atom is 0.348 e. The average molecular weight is 507 g/mol. The van der Waals surface area contributed by atoms with Crippen molar-refractivity contribution >= 4 is 12.0 Å². The topological polar surface area (TPSA) is 87.7 Å². The summed E-state index contributed by atoms with van der Waals surface area (Å²) < 4.78 is 6.99.